The molecule has 2 N–H and O–H groups in total. The number of hydrogen-bond donors (Lipinski definition) is 2. The highest BCUT2D eigenvalue weighted by Crippen LogP contribution is 2.19. The van der Waals surface area contributed by atoms with Gasteiger partial charge in [0.05, 0.1) is 0 Å². The number of carbonyl (C=O) groups excluding carboxylic acids is 1. The molecular weight excluding hydrogens is 340 g/mol. The molecule has 1 heterocycles. The van der Waals surface area contributed by atoms with E-state index < -0.39 is 0 Å². The quantitative estimate of drug-likeness (QED) is 0.848. The number of benzene rings is 1. The number of rotatable bonds is 2. The van der Waals surface area contributed by atoms with Crippen LogP contribution in [0.4, 0.5) is 0 Å². The Morgan fingerprint density at radius 3 is 2.70 bits per heavy atom. The van der Waals surface area contributed by atoms with Crippen molar-refractivity contribution >= 4 is 34.2 Å². The van der Waals surface area contributed by atoms with Gasteiger partial charge in [0.15, 0.2) is 0 Å². The van der Waals surface area contributed by atoms with Crippen molar-refractivity contribution < 1.29 is 4.79 Å². The summed E-state index contributed by atoms with van der Waals surface area (Å²) in [5.41, 5.74) is 1.75. The fraction of sp³-hybridized carbons (Fsp3) is 0.533. The van der Waals surface area contributed by atoms with Crippen molar-refractivity contribution in [3.63, 3.8) is 0 Å². The number of halogens is 2. The Morgan fingerprint density at radius 2 is 2.10 bits per heavy atom. The van der Waals surface area contributed by atoms with E-state index in [1.807, 2.05) is 25.1 Å². The van der Waals surface area contributed by atoms with Gasteiger partial charge in [0.2, 0.25) is 0 Å². The van der Waals surface area contributed by atoms with Gasteiger partial charge in [-0.2, -0.15) is 0 Å². The SMILES string of the molecule is Cc1cc(Br)ccc1C(=O)NC1C(C)CCNC1C.Cl. The summed E-state index contributed by atoms with van der Waals surface area (Å²) in [6.45, 7) is 7.34. The van der Waals surface area contributed by atoms with Gasteiger partial charge in [0.1, 0.15) is 0 Å². The predicted octanol–water partition coefficient (Wildman–Crippen LogP) is 3.30. The first-order chi connectivity index (χ1) is 8.99. The Balaban J connectivity index is 0.00000200. The Kier molecular flexibility index (Phi) is 6.49. The van der Waals surface area contributed by atoms with Crippen LogP contribution in [0, 0.1) is 12.8 Å². The lowest BCUT2D eigenvalue weighted by Gasteiger charge is -2.36. The third kappa shape index (κ3) is 3.96. The molecule has 1 aliphatic rings. The van der Waals surface area contributed by atoms with Gasteiger partial charge in [-0.1, -0.05) is 22.9 Å². The number of nitrogens with one attached hydrogen (secondary N) is 2. The number of carbonyl (C=O) groups is 1. The van der Waals surface area contributed by atoms with Crippen molar-refractivity contribution in [1.82, 2.24) is 10.6 Å². The molecule has 1 amide bonds. The predicted molar refractivity (Wildman–Crippen MR) is 88.6 cm³/mol. The summed E-state index contributed by atoms with van der Waals surface area (Å²) in [7, 11) is 0. The largest absolute Gasteiger partial charge is 0.347 e. The molecule has 0 aliphatic carbocycles. The van der Waals surface area contributed by atoms with E-state index in [2.05, 4.69) is 40.4 Å². The summed E-state index contributed by atoms with van der Waals surface area (Å²) in [5.74, 6) is 0.536. The Morgan fingerprint density at radius 1 is 1.40 bits per heavy atom. The Bertz CT molecular complexity index is 471. The van der Waals surface area contributed by atoms with Crippen molar-refractivity contribution in [2.75, 3.05) is 6.54 Å². The maximum atomic E-state index is 12.4. The smallest absolute Gasteiger partial charge is 0.251 e. The van der Waals surface area contributed by atoms with Crippen LogP contribution in [0.1, 0.15) is 36.2 Å². The first-order valence-corrected chi connectivity index (χ1v) is 7.58. The lowest BCUT2D eigenvalue weighted by molar-refractivity contribution is 0.0897. The first kappa shape index (κ1) is 17.5. The fourth-order valence-corrected chi connectivity index (χ4v) is 3.19. The summed E-state index contributed by atoms with van der Waals surface area (Å²) in [6, 6.07) is 6.28. The van der Waals surface area contributed by atoms with Crippen molar-refractivity contribution in [3.05, 3.63) is 33.8 Å². The number of piperidine rings is 1. The van der Waals surface area contributed by atoms with Gasteiger partial charge in [-0.15, -0.1) is 12.4 Å². The molecule has 3 nitrogen and oxygen atoms in total. The third-order valence-electron chi connectivity index (χ3n) is 3.95. The highest BCUT2D eigenvalue weighted by molar-refractivity contribution is 9.10. The Labute approximate surface area is 135 Å². The monoisotopic (exact) mass is 360 g/mol. The molecule has 0 aromatic heterocycles. The molecule has 20 heavy (non-hydrogen) atoms. The van der Waals surface area contributed by atoms with Gasteiger partial charge in [0, 0.05) is 22.1 Å². The van der Waals surface area contributed by atoms with Gasteiger partial charge in [-0.25, -0.2) is 0 Å². The zero-order chi connectivity index (χ0) is 14.0. The van der Waals surface area contributed by atoms with E-state index in [4.69, 9.17) is 0 Å². The highest BCUT2D eigenvalue weighted by Gasteiger charge is 2.29. The van der Waals surface area contributed by atoms with Crippen molar-refractivity contribution in [1.29, 1.82) is 0 Å². The van der Waals surface area contributed by atoms with E-state index in [0.29, 0.717) is 12.0 Å². The van der Waals surface area contributed by atoms with Gasteiger partial charge >= 0.3 is 0 Å². The van der Waals surface area contributed by atoms with Gasteiger partial charge < -0.3 is 10.6 Å². The minimum absolute atomic E-state index is 0. The second-order valence-electron chi connectivity index (χ2n) is 5.47. The van der Waals surface area contributed by atoms with Crippen LogP contribution in [-0.2, 0) is 0 Å². The van der Waals surface area contributed by atoms with E-state index in [1.54, 1.807) is 0 Å². The molecule has 0 bridgehead atoms. The molecule has 3 atom stereocenters. The summed E-state index contributed by atoms with van der Waals surface area (Å²) < 4.78 is 1.00. The minimum atomic E-state index is 0. The number of aryl methyl sites for hydroxylation is 1. The van der Waals surface area contributed by atoms with Gasteiger partial charge in [-0.3, -0.25) is 4.79 Å². The van der Waals surface area contributed by atoms with Gasteiger partial charge in [-0.05, 0) is 56.5 Å². The number of amides is 1. The summed E-state index contributed by atoms with van der Waals surface area (Å²) in [4.78, 5) is 12.4. The van der Waals surface area contributed by atoms with Crippen LogP contribution < -0.4 is 10.6 Å². The van der Waals surface area contributed by atoms with Crippen LogP contribution in [0.25, 0.3) is 0 Å². The molecule has 0 saturated carbocycles. The highest BCUT2D eigenvalue weighted by atomic mass is 79.9. The molecule has 1 aliphatic heterocycles. The van der Waals surface area contributed by atoms with E-state index in [9.17, 15) is 4.79 Å². The van der Waals surface area contributed by atoms with Gasteiger partial charge in [0.25, 0.3) is 5.91 Å². The van der Waals surface area contributed by atoms with E-state index in [0.717, 1.165) is 28.6 Å². The standard InChI is InChI=1S/C15H21BrN2O.ClH/c1-9-6-7-17-11(3)14(9)18-15(19)13-5-4-12(16)8-10(13)2;/h4-5,8-9,11,14,17H,6-7H2,1-3H3,(H,18,19);1H. The molecule has 1 aromatic rings. The maximum absolute atomic E-state index is 12.4. The molecule has 1 aromatic carbocycles. The summed E-state index contributed by atoms with van der Waals surface area (Å²) in [5, 5.41) is 6.60. The van der Waals surface area contributed by atoms with Crippen LogP contribution in [0.15, 0.2) is 22.7 Å². The molecule has 5 heteroatoms. The first-order valence-electron chi connectivity index (χ1n) is 6.79. The van der Waals surface area contributed by atoms with Crippen LogP contribution >= 0.6 is 28.3 Å². The molecule has 3 unspecified atom stereocenters. The molecular formula is C15H22BrClN2O. The summed E-state index contributed by atoms with van der Waals surface area (Å²) >= 11 is 3.42. The molecule has 0 radical (unpaired) electrons. The van der Waals surface area contributed by atoms with E-state index in [1.165, 1.54) is 0 Å². The molecule has 0 spiro atoms. The average molecular weight is 362 g/mol. The van der Waals surface area contributed by atoms with Crippen LogP contribution in [0.3, 0.4) is 0 Å². The normalized spacial score (nSPS) is 25.7. The minimum Gasteiger partial charge on any atom is -0.347 e. The van der Waals surface area contributed by atoms with E-state index in [-0.39, 0.29) is 24.4 Å². The summed E-state index contributed by atoms with van der Waals surface area (Å²) in [6.07, 6.45) is 1.11. The maximum Gasteiger partial charge on any atom is 0.251 e. The van der Waals surface area contributed by atoms with Crippen molar-refractivity contribution in [2.24, 2.45) is 5.92 Å². The molecule has 1 saturated heterocycles. The molecule has 1 fully saturated rings. The van der Waals surface area contributed by atoms with Crippen LogP contribution in [-0.4, -0.2) is 24.5 Å². The number of hydrogen-bond acceptors (Lipinski definition) is 2. The average Bonchev–Trinajstić information content (AvgIpc) is 2.33. The molecule has 2 rings (SSSR count). The zero-order valence-corrected chi connectivity index (χ0v) is 14.5. The second kappa shape index (κ2) is 7.43. The van der Waals surface area contributed by atoms with Crippen LogP contribution in [0.2, 0.25) is 0 Å². The van der Waals surface area contributed by atoms with E-state index >= 15 is 0 Å². The lowest BCUT2D eigenvalue weighted by Crippen LogP contribution is -2.55. The Hall–Kier alpha value is -0.580. The second-order valence-corrected chi connectivity index (χ2v) is 6.38. The van der Waals surface area contributed by atoms with Crippen molar-refractivity contribution in [2.45, 2.75) is 39.3 Å². The van der Waals surface area contributed by atoms with Crippen LogP contribution in [0.5, 0.6) is 0 Å². The lowest BCUT2D eigenvalue weighted by atomic mass is 9.89. The fourth-order valence-electron chi connectivity index (χ4n) is 2.72. The third-order valence-corrected chi connectivity index (χ3v) is 4.44. The van der Waals surface area contributed by atoms with Crippen molar-refractivity contribution in [3.8, 4) is 0 Å². The topological polar surface area (TPSA) is 41.1 Å². The zero-order valence-electron chi connectivity index (χ0n) is 12.1. The molecule has 112 valence electrons.